The van der Waals surface area contributed by atoms with Gasteiger partial charge in [-0.25, -0.2) is 0 Å². The highest BCUT2D eigenvalue weighted by Crippen LogP contribution is 1.70. The zero-order chi connectivity index (χ0) is 8.57. The van der Waals surface area contributed by atoms with E-state index < -0.39 is 0 Å². The molecule has 0 spiro atoms. The van der Waals surface area contributed by atoms with Crippen molar-refractivity contribution < 1.29 is 14.6 Å². The molecule has 0 saturated heterocycles. The lowest BCUT2D eigenvalue weighted by molar-refractivity contribution is -0.135. The van der Waals surface area contributed by atoms with Crippen LogP contribution in [0.15, 0.2) is 12.8 Å². The predicted molar refractivity (Wildman–Crippen MR) is 42.9 cm³/mol. The van der Waals surface area contributed by atoms with Gasteiger partial charge in [-0.1, -0.05) is 6.58 Å². The number of carbonyl (C=O) groups excluding carboxylic acids is 1. The maximum Gasteiger partial charge on any atom is 0.307 e. The number of thiocarbonyl (C=S) groups is 1. The molecule has 0 bridgehead atoms. The van der Waals surface area contributed by atoms with Gasteiger partial charge in [-0.3, -0.25) is 4.79 Å². The van der Waals surface area contributed by atoms with Gasteiger partial charge in [0.05, 0.1) is 6.26 Å². The van der Waals surface area contributed by atoms with E-state index in [0.717, 1.165) is 6.26 Å². The van der Waals surface area contributed by atoms with Gasteiger partial charge in [0, 0.05) is 13.8 Å². The van der Waals surface area contributed by atoms with Crippen molar-refractivity contribution in [3.63, 3.8) is 0 Å². The molecule has 0 amide bonds. The molecule has 0 aromatic rings. The van der Waals surface area contributed by atoms with Crippen molar-refractivity contribution in [1.29, 1.82) is 0 Å². The molecule has 0 aromatic carbocycles. The lowest BCUT2D eigenvalue weighted by Crippen LogP contribution is -1.87. The average Bonchev–Trinajstić information content (AvgIpc) is 1.62. The summed E-state index contributed by atoms with van der Waals surface area (Å²) in [5.74, 6) is -0.329. The molecule has 0 atom stereocenters. The second kappa shape index (κ2) is 8.10. The molecule has 0 radical (unpaired) electrons. The fourth-order valence-corrected chi connectivity index (χ4v) is 0.117. The molecular weight excluding hydrogens is 152 g/mol. The number of hydrogen-bond acceptors (Lipinski definition) is 3. The van der Waals surface area contributed by atoms with Crippen LogP contribution in [0.1, 0.15) is 13.8 Å². The largest absolute Gasteiger partial charge is 0.502 e. The van der Waals surface area contributed by atoms with Gasteiger partial charge in [0.1, 0.15) is 0 Å². The van der Waals surface area contributed by atoms with Gasteiger partial charge in [0.15, 0.2) is 5.05 Å². The smallest absolute Gasteiger partial charge is 0.307 e. The maximum atomic E-state index is 9.75. The summed E-state index contributed by atoms with van der Waals surface area (Å²) in [6.45, 7) is 5.93. The Morgan fingerprint density at radius 2 is 2.00 bits per heavy atom. The van der Waals surface area contributed by atoms with Gasteiger partial charge < -0.3 is 9.84 Å². The van der Waals surface area contributed by atoms with Gasteiger partial charge in [-0.05, 0) is 12.2 Å². The van der Waals surface area contributed by atoms with E-state index in [0.29, 0.717) is 0 Å². The Kier molecular flexibility index (Phi) is 9.59. The highest BCUT2D eigenvalue weighted by molar-refractivity contribution is 7.79. The van der Waals surface area contributed by atoms with E-state index >= 15 is 0 Å². The first kappa shape index (κ1) is 11.8. The quantitative estimate of drug-likeness (QED) is 0.361. The summed E-state index contributed by atoms with van der Waals surface area (Å²) in [6.07, 6.45) is 1.10. The van der Waals surface area contributed by atoms with E-state index in [1.54, 1.807) is 0 Å². The molecule has 0 aromatic heterocycles. The number of ether oxygens (including phenoxy) is 1. The minimum Gasteiger partial charge on any atom is -0.502 e. The Hall–Kier alpha value is -0.900. The molecule has 0 saturated carbocycles. The van der Waals surface area contributed by atoms with Crippen LogP contribution in [-0.2, 0) is 9.53 Å². The molecule has 0 aliphatic rings. The number of rotatable bonds is 1. The van der Waals surface area contributed by atoms with E-state index in [-0.39, 0.29) is 11.0 Å². The second-order valence-corrected chi connectivity index (χ2v) is 1.89. The fraction of sp³-hybridized carbons (Fsp3) is 0.333. The number of hydrogen-bond donors (Lipinski definition) is 1. The number of carbonyl (C=O) groups is 1. The zero-order valence-corrected chi connectivity index (χ0v) is 6.77. The van der Waals surface area contributed by atoms with Crippen LogP contribution in [0.2, 0.25) is 0 Å². The highest BCUT2D eigenvalue weighted by atomic mass is 32.1. The van der Waals surface area contributed by atoms with Gasteiger partial charge >= 0.3 is 5.97 Å². The van der Waals surface area contributed by atoms with Crippen molar-refractivity contribution in [2.45, 2.75) is 13.8 Å². The normalized spacial score (nSPS) is 6.60. The monoisotopic (exact) mass is 162 g/mol. The standard InChI is InChI=1S/C4H6O2.C2H4OS/c1-3-6-4(2)5;1-2(3)4/h3H,1H2,2H3;1H3,(H,3,4). The molecule has 1 N–H and O–H groups in total. The fourth-order valence-electron chi connectivity index (χ4n) is 0.117. The van der Waals surface area contributed by atoms with E-state index in [9.17, 15) is 4.79 Å². The van der Waals surface area contributed by atoms with Crippen LogP contribution in [0.5, 0.6) is 0 Å². The number of aliphatic hydroxyl groups excluding tert-OH is 1. The minimum absolute atomic E-state index is 0.000000000000000222. The summed E-state index contributed by atoms with van der Waals surface area (Å²) >= 11 is 4.09. The Labute approximate surface area is 65.3 Å². The van der Waals surface area contributed by atoms with Crippen LogP contribution in [-0.4, -0.2) is 16.1 Å². The SMILES string of the molecule is C=COC(C)=O.CC(O)=S. The lowest BCUT2D eigenvalue weighted by atomic mass is 10.8. The van der Waals surface area contributed by atoms with Gasteiger partial charge in [-0.15, -0.1) is 0 Å². The van der Waals surface area contributed by atoms with Gasteiger partial charge in [0.2, 0.25) is 0 Å². The maximum absolute atomic E-state index is 9.75. The van der Waals surface area contributed by atoms with Crippen LogP contribution in [0.3, 0.4) is 0 Å². The topological polar surface area (TPSA) is 46.5 Å². The van der Waals surface area contributed by atoms with E-state index in [2.05, 4.69) is 23.5 Å². The van der Waals surface area contributed by atoms with E-state index in [1.807, 2.05) is 0 Å². The van der Waals surface area contributed by atoms with Crippen LogP contribution in [0, 0.1) is 0 Å². The molecule has 0 heterocycles. The van der Waals surface area contributed by atoms with Crippen molar-refractivity contribution in [3.05, 3.63) is 12.8 Å². The minimum atomic E-state index is -0.329. The summed E-state index contributed by atoms with van der Waals surface area (Å²) in [5, 5.41) is 7.79. The van der Waals surface area contributed by atoms with Crippen LogP contribution in [0.4, 0.5) is 0 Å². The second-order valence-electron chi connectivity index (χ2n) is 1.30. The molecule has 10 heavy (non-hydrogen) atoms. The van der Waals surface area contributed by atoms with Crippen molar-refractivity contribution in [2.24, 2.45) is 0 Å². The van der Waals surface area contributed by atoms with Crippen LogP contribution >= 0.6 is 12.2 Å². The van der Waals surface area contributed by atoms with Gasteiger partial charge in [-0.2, -0.15) is 0 Å². The molecule has 58 valence electrons. The Balaban J connectivity index is 0. The zero-order valence-electron chi connectivity index (χ0n) is 5.96. The van der Waals surface area contributed by atoms with Crippen molar-refractivity contribution in [1.82, 2.24) is 0 Å². The molecule has 3 nitrogen and oxygen atoms in total. The Bertz CT molecular complexity index is 127. The van der Waals surface area contributed by atoms with Crippen molar-refractivity contribution in [2.75, 3.05) is 0 Å². The first-order valence-electron chi connectivity index (χ1n) is 2.48. The summed E-state index contributed by atoms with van der Waals surface area (Å²) in [5.41, 5.74) is 0. The molecule has 0 unspecified atom stereocenters. The van der Waals surface area contributed by atoms with Gasteiger partial charge in [0.25, 0.3) is 0 Å². The molecular formula is C6H10O3S. The predicted octanol–water partition coefficient (Wildman–Crippen LogP) is 1.58. The highest BCUT2D eigenvalue weighted by Gasteiger charge is 1.79. The first-order chi connectivity index (χ1) is 4.50. The van der Waals surface area contributed by atoms with Crippen LogP contribution in [0.25, 0.3) is 0 Å². The number of aliphatic hydroxyl groups is 1. The summed E-state index contributed by atoms with van der Waals surface area (Å²) < 4.78 is 4.17. The Morgan fingerprint density at radius 1 is 1.70 bits per heavy atom. The van der Waals surface area contributed by atoms with Crippen LogP contribution < -0.4 is 0 Å². The third-order valence-electron chi connectivity index (χ3n) is 0.249. The third-order valence-corrected chi connectivity index (χ3v) is 0.249. The molecule has 4 heteroatoms. The lowest BCUT2D eigenvalue weighted by Gasteiger charge is -1.83. The summed E-state index contributed by atoms with van der Waals surface area (Å²) in [4.78, 5) is 9.75. The summed E-state index contributed by atoms with van der Waals surface area (Å²) in [7, 11) is 0. The van der Waals surface area contributed by atoms with E-state index in [4.69, 9.17) is 5.11 Å². The third kappa shape index (κ3) is 59.9. The number of esters is 1. The Morgan fingerprint density at radius 3 is 2.00 bits per heavy atom. The molecule has 0 rings (SSSR count). The van der Waals surface area contributed by atoms with E-state index in [1.165, 1.54) is 13.8 Å². The molecule has 0 aliphatic carbocycles. The molecule has 0 fully saturated rings. The first-order valence-corrected chi connectivity index (χ1v) is 2.89. The van der Waals surface area contributed by atoms with Crippen molar-refractivity contribution in [3.8, 4) is 0 Å². The molecule has 0 aliphatic heterocycles. The average molecular weight is 162 g/mol. The summed E-state index contributed by atoms with van der Waals surface area (Å²) in [6, 6.07) is 0. The van der Waals surface area contributed by atoms with Crippen molar-refractivity contribution >= 4 is 23.2 Å².